The van der Waals surface area contributed by atoms with Crippen molar-refractivity contribution >= 4 is 37.5 Å². The fourth-order valence-corrected chi connectivity index (χ4v) is 3.27. The molecule has 0 saturated carbocycles. The first-order valence-corrected chi connectivity index (χ1v) is 8.84. The van der Waals surface area contributed by atoms with Crippen LogP contribution in [-0.4, -0.2) is 4.57 Å². The maximum Gasteiger partial charge on any atom is 0.291 e. The number of hydrogen-bond acceptors (Lipinski definition) is 0. The third-order valence-electron chi connectivity index (χ3n) is 3.82. The highest BCUT2D eigenvalue weighted by molar-refractivity contribution is 9.10. The molecule has 0 radical (unpaired) electrons. The molecule has 2 nitrogen and oxygen atoms in total. The zero-order valence-electron chi connectivity index (χ0n) is 12.2. The lowest BCUT2D eigenvalue weighted by molar-refractivity contribution is -0.510. The standard InChI is InChI=1S/C19H13Br2N2/c20-15-6-4-14(5-7-15)18-13-22-12-2-1-3-19(22)23(18)17-10-8-16(21)9-11-17/h1-13H/q+1. The molecular weight excluding hydrogens is 416 g/mol. The quantitative estimate of drug-likeness (QED) is 0.377. The fraction of sp³-hybridized carbons (Fsp3) is 0. The van der Waals surface area contributed by atoms with Crippen LogP contribution in [0.4, 0.5) is 0 Å². The second kappa shape index (κ2) is 5.95. The lowest BCUT2D eigenvalue weighted by Gasteiger charge is -2.03. The van der Waals surface area contributed by atoms with Gasteiger partial charge in [-0.1, -0.05) is 37.9 Å². The van der Waals surface area contributed by atoms with Crippen LogP contribution in [0.25, 0.3) is 22.6 Å². The van der Waals surface area contributed by atoms with Gasteiger partial charge >= 0.3 is 0 Å². The Hall–Kier alpha value is -1.91. The summed E-state index contributed by atoms with van der Waals surface area (Å²) in [5, 5.41) is 0. The Morgan fingerprint density at radius 2 is 1.39 bits per heavy atom. The van der Waals surface area contributed by atoms with E-state index in [1.54, 1.807) is 0 Å². The van der Waals surface area contributed by atoms with Gasteiger partial charge in [0, 0.05) is 20.6 Å². The van der Waals surface area contributed by atoms with E-state index in [0.29, 0.717) is 0 Å². The topological polar surface area (TPSA) is 9.03 Å². The summed E-state index contributed by atoms with van der Waals surface area (Å²) in [6.07, 6.45) is 4.24. The van der Waals surface area contributed by atoms with Gasteiger partial charge in [0.25, 0.3) is 5.65 Å². The molecule has 0 fully saturated rings. The van der Waals surface area contributed by atoms with Crippen LogP contribution in [0.5, 0.6) is 0 Å². The fourth-order valence-electron chi connectivity index (χ4n) is 2.74. The van der Waals surface area contributed by atoms with Crippen molar-refractivity contribution < 1.29 is 4.40 Å². The number of pyridine rings is 1. The molecule has 0 atom stereocenters. The monoisotopic (exact) mass is 427 g/mol. The van der Waals surface area contributed by atoms with Crippen molar-refractivity contribution in [3.63, 3.8) is 0 Å². The van der Waals surface area contributed by atoms with E-state index in [9.17, 15) is 0 Å². The highest BCUT2D eigenvalue weighted by Gasteiger charge is 2.20. The highest BCUT2D eigenvalue weighted by atomic mass is 79.9. The van der Waals surface area contributed by atoms with Crippen LogP contribution in [0.2, 0.25) is 0 Å². The van der Waals surface area contributed by atoms with E-state index in [-0.39, 0.29) is 0 Å². The molecule has 0 saturated heterocycles. The van der Waals surface area contributed by atoms with E-state index in [1.165, 1.54) is 5.56 Å². The molecule has 0 spiro atoms. The second-order valence-corrected chi connectivity index (χ2v) is 7.13. The van der Waals surface area contributed by atoms with E-state index in [1.807, 2.05) is 6.07 Å². The van der Waals surface area contributed by atoms with Crippen molar-refractivity contribution in [2.75, 3.05) is 0 Å². The molecule has 0 unspecified atom stereocenters. The van der Waals surface area contributed by atoms with Crippen LogP contribution in [0.15, 0.2) is 88.1 Å². The zero-order valence-corrected chi connectivity index (χ0v) is 15.3. The molecule has 4 heteroatoms. The predicted molar refractivity (Wildman–Crippen MR) is 99.8 cm³/mol. The lowest BCUT2D eigenvalue weighted by Crippen LogP contribution is -2.17. The first kappa shape index (κ1) is 14.7. The number of benzene rings is 2. The van der Waals surface area contributed by atoms with Crippen LogP contribution >= 0.6 is 31.9 Å². The van der Waals surface area contributed by atoms with Crippen molar-refractivity contribution in [2.45, 2.75) is 0 Å². The lowest BCUT2D eigenvalue weighted by atomic mass is 10.1. The van der Waals surface area contributed by atoms with E-state index >= 15 is 0 Å². The van der Waals surface area contributed by atoms with Crippen LogP contribution in [0.1, 0.15) is 0 Å². The Morgan fingerprint density at radius 1 is 0.739 bits per heavy atom. The Morgan fingerprint density at radius 3 is 2.09 bits per heavy atom. The summed E-state index contributed by atoms with van der Waals surface area (Å²) in [6.45, 7) is 0. The first-order valence-electron chi connectivity index (χ1n) is 7.26. The number of imidazole rings is 1. The highest BCUT2D eigenvalue weighted by Crippen LogP contribution is 2.26. The Bertz CT molecular complexity index is 971. The molecule has 0 amide bonds. The van der Waals surface area contributed by atoms with E-state index in [2.05, 4.69) is 114 Å². The zero-order chi connectivity index (χ0) is 15.8. The Balaban J connectivity index is 2.01. The van der Waals surface area contributed by atoms with Gasteiger partial charge in [0.05, 0.1) is 6.20 Å². The minimum absolute atomic E-state index is 1.08. The maximum absolute atomic E-state index is 3.51. The summed E-state index contributed by atoms with van der Waals surface area (Å²) in [7, 11) is 0. The molecule has 4 rings (SSSR count). The molecule has 0 aliphatic rings. The SMILES string of the molecule is Brc1ccc(-c2c[n+]3ccccc3n2-c2ccc(Br)cc2)cc1. The largest absolute Gasteiger partial charge is 0.291 e. The molecular formula is C19H13Br2N2+. The predicted octanol–water partition coefficient (Wildman–Crippen LogP) is 5.41. The van der Waals surface area contributed by atoms with Crippen LogP contribution in [0, 0.1) is 0 Å². The van der Waals surface area contributed by atoms with Gasteiger partial charge in [-0.05, 0) is 54.6 Å². The number of fused-ring (bicyclic) bond motifs is 1. The van der Waals surface area contributed by atoms with Gasteiger partial charge in [-0.2, -0.15) is 4.57 Å². The average Bonchev–Trinajstić information content (AvgIpc) is 2.96. The van der Waals surface area contributed by atoms with E-state index in [0.717, 1.165) is 26.0 Å². The Kier molecular flexibility index (Phi) is 3.79. The van der Waals surface area contributed by atoms with Gasteiger partial charge in [0.1, 0.15) is 11.9 Å². The van der Waals surface area contributed by atoms with Crippen molar-refractivity contribution in [1.82, 2.24) is 4.57 Å². The Labute approximate surface area is 151 Å². The van der Waals surface area contributed by atoms with E-state index in [4.69, 9.17) is 0 Å². The summed E-state index contributed by atoms with van der Waals surface area (Å²) >= 11 is 7.02. The van der Waals surface area contributed by atoms with Gasteiger partial charge < -0.3 is 0 Å². The van der Waals surface area contributed by atoms with Gasteiger partial charge in [0.15, 0.2) is 5.69 Å². The second-order valence-electron chi connectivity index (χ2n) is 5.30. The normalized spacial score (nSPS) is 11.0. The molecule has 2 aromatic heterocycles. The maximum atomic E-state index is 3.51. The molecule has 23 heavy (non-hydrogen) atoms. The van der Waals surface area contributed by atoms with Crippen molar-refractivity contribution in [3.8, 4) is 16.9 Å². The number of aromatic nitrogens is 2. The number of nitrogens with zero attached hydrogens (tertiary/aromatic N) is 2. The van der Waals surface area contributed by atoms with Crippen LogP contribution < -0.4 is 4.40 Å². The smallest absolute Gasteiger partial charge is 0.202 e. The van der Waals surface area contributed by atoms with Crippen molar-refractivity contribution in [3.05, 3.63) is 88.1 Å². The van der Waals surface area contributed by atoms with Crippen LogP contribution in [0.3, 0.4) is 0 Å². The van der Waals surface area contributed by atoms with E-state index < -0.39 is 0 Å². The molecule has 0 N–H and O–H groups in total. The third-order valence-corrected chi connectivity index (χ3v) is 4.88. The van der Waals surface area contributed by atoms with Gasteiger partial charge in [-0.25, -0.2) is 4.40 Å². The average molecular weight is 429 g/mol. The molecule has 2 heterocycles. The molecule has 4 aromatic rings. The minimum Gasteiger partial charge on any atom is -0.202 e. The summed E-state index contributed by atoms with van der Waals surface area (Å²) < 4.78 is 6.59. The van der Waals surface area contributed by atoms with Gasteiger partial charge in [-0.15, -0.1) is 0 Å². The molecule has 112 valence electrons. The molecule has 0 bridgehead atoms. The first-order chi connectivity index (χ1) is 11.2. The number of hydrogen-bond donors (Lipinski definition) is 0. The van der Waals surface area contributed by atoms with Gasteiger partial charge in [0.2, 0.25) is 0 Å². The number of halogens is 2. The number of rotatable bonds is 2. The molecule has 2 aromatic carbocycles. The summed E-state index contributed by atoms with van der Waals surface area (Å²) in [5.74, 6) is 0. The van der Waals surface area contributed by atoms with Crippen molar-refractivity contribution in [1.29, 1.82) is 0 Å². The van der Waals surface area contributed by atoms with Crippen LogP contribution in [-0.2, 0) is 0 Å². The summed E-state index contributed by atoms with van der Waals surface area (Å²) in [4.78, 5) is 0. The van der Waals surface area contributed by atoms with Crippen molar-refractivity contribution in [2.24, 2.45) is 0 Å². The third kappa shape index (κ3) is 2.73. The molecule has 0 aliphatic carbocycles. The van der Waals surface area contributed by atoms with Gasteiger partial charge in [-0.3, -0.25) is 0 Å². The summed E-state index contributed by atoms with van der Waals surface area (Å²) in [6, 6.07) is 23.0. The molecule has 0 aliphatic heterocycles. The summed E-state index contributed by atoms with van der Waals surface area (Å²) in [5.41, 5.74) is 4.61. The minimum atomic E-state index is 1.08.